The Balaban J connectivity index is 1.24. The number of hydrogen-bond acceptors (Lipinski definition) is 10. The molecular formula is C37H40N2O9. The Hall–Kier alpha value is -5.71. The Labute approximate surface area is 280 Å². The molecule has 48 heavy (non-hydrogen) atoms. The number of amides is 1. The topological polar surface area (TPSA) is 115 Å². The number of benzene rings is 4. The second-order valence-electron chi connectivity index (χ2n) is 10.8. The van der Waals surface area contributed by atoms with Crippen LogP contribution in [0.15, 0.2) is 60.7 Å². The van der Waals surface area contributed by atoms with E-state index < -0.39 is 6.17 Å². The molecule has 1 aliphatic heterocycles. The van der Waals surface area contributed by atoms with E-state index in [2.05, 4.69) is 10.6 Å². The fourth-order valence-corrected chi connectivity index (χ4v) is 5.35. The number of rotatable bonds is 14. The zero-order valence-corrected chi connectivity index (χ0v) is 28.1. The molecule has 0 fully saturated rings. The molecule has 0 aromatic heterocycles. The highest BCUT2D eigenvalue weighted by molar-refractivity contribution is 6.01. The molecular weight excluding hydrogens is 616 g/mol. The van der Waals surface area contributed by atoms with Gasteiger partial charge in [0, 0.05) is 5.69 Å². The molecule has 0 radical (unpaired) electrons. The summed E-state index contributed by atoms with van der Waals surface area (Å²) >= 11 is 0. The second kappa shape index (κ2) is 15.3. The van der Waals surface area contributed by atoms with Crippen LogP contribution < -0.4 is 48.5 Å². The third-order valence-electron chi connectivity index (χ3n) is 7.74. The van der Waals surface area contributed by atoms with Gasteiger partial charge in [0.2, 0.25) is 11.5 Å². The van der Waals surface area contributed by atoms with Crippen LogP contribution in [0.1, 0.15) is 38.8 Å². The first-order chi connectivity index (χ1) is 23.3. The molecule has 1 heterocycles. The van der Waals surface area contributed by atoms with Gasteiger partial charge in [-0.25, -0.2) is 0 Å². The third kappa shape index (κ3) is 7.30. The summed E-state index contributed by atoms with van der Waals surface area (Å²) in [5.41, 5.74) is 4.92. The van der Waals surface area contributed by atoms with Gasteiger partial charge in [-0.15, -0.1) is 0 Å². The maximum absolute atomic E-state index is 12.7. The summed E-state index contributed by atoms with van der Waals surface area (Å²) in [6.45, 7) is 2.38. The van der Waals surface area contributed by atoms with Crippen LogP contribution in [-0.2, 0) is 0 Å². The van der Waals surface area contributed by atoms with Crippen LogP contribution in [0.4, 0.5) is 5.69 Å². The molecule has 1 aliphatic rings. The van der Waals surface area contributed by atoms with Gasteiger partial charge in [0.25, 0.3) is 5.91 Å². The summed E-state index contributed by atoms with van der Waals surface area (Å²) < 4.78 is 45.4. The van der Waals surface area contributed by atoms with E-state index in [0.717, 1.165) is 27.9 Å². The predicted octanol–water partition coefficient (Wildman–Crippen LogP) is 6.53. The number of anilines is 1. The van der Waals surface area contributed by atoms with Crippen molar-refractivity contribution in [1.29, 1.82) is 0 Å². The van der Waals surface area contributed by atoms with Gasteiger partial charge in [-0.3, -0.25) is 4.79 Å². The highest BCUT2D eigenvalue weighted by atomic mass is 16.6. The van der Waals surface area contributed by atoms with Crippen molar-refractivity contribution >= 4 is 23.7 Å². The van der Waals surface area contributed by atoms with E-state index in [4.69, 9.17) is 37.9 Å². The van der Waals surface area contributed by atoms with E-state index in [1.807, 2.05) is 79.7 Å². The minimum Gasteiger partial charge on any atom is -0.493 e. The summed E-state index contributed by atoms with van der Waals surface area (Å²) in [7, 11) is 9.43. The first-order valence-corrected chi connectivity index (χ1v) is 15.2. The van der Waals surface area contributed by atoms with Crippen molar-refractivity contribution in [3.63, 3.8) is 0 Å². The number of aryl methyl sites for hydroxylation is 1. The highest BCUT2D eigenvalue weighted by Gasteiger charge is 2.25. The summed E-state index contributed by atoms with van der Waals surface area (Å²) in [5, 5.41) is 6.38. The van der Waals surface area contributed by atoms with Crippen LogP contribution in [0.5, 0.6) is 46.0 Å². The quantitative estimate of drug-likeness (QED) is 0.115. The molecule has 11 heteroatoms. The standard InChI is InChI=1S/C37H40N2O9/c1-22-8-12-27-26(16-22)37(40)39-36(38-27)25-11-13-28(29(21-25)41-2)47-14-15-48-35-32(44-5)19-24(20-33(35)45-6)10-9-23-17-30(42-3)34(46-7)31(18-23)43-4/h8-13,16-21,36,38H,14-15H2,1-7H3,(H,39,40). The van der Waals surface area contributed by atoms with Crippen LogP contribution in [0.25, 0.3) is 12.2 Å². The van der Waals surface area contributed by atoms with E-state index in [9.17, 15) is 4.79 Å². The molecule has 5 rings (SSSR count). The van der Waals surface area contributed by atoms with E-state index in [1.165, 1.54) is 0 Å². The monoisotopic (exact) mass is 656 g/mol. The molecule has 1 atom stereocenters. The van der Waals surface area contributed by atoms with Crippen molar-refractivity contribution in [2.24, 2.45) is 0 Å². The molecule has 0 saturated carbocycles. The van der Waals surface area contributed by atoms with Gasteiger partial charge in [0.05, 0.1) is 48.2 Å². The number of ether oxygens (including phenoxy) is 8. The Kier molecular flexibility index (Phi) is 10.7. The van der Waals surface area contributed by atoms with E-state index >= 15 is 0 Å². The molecule has 0 aliphatic carbocycles. The van der Waals surface area contributed by atoms with Gasteiger partial charge in [-0.1, -0.05) is 29.8 Å². The van der Waals surface area contributed by atoms with Crippen molar-refractivity contribution in [2.45, 2.75) is 13.1 Å². The van der Waals surface area contributed by atoms with Crippen molar-refractivity contribution in [3.8, 4) is 46.0 Å². The maximum Gasteiger partial charge on any atom is 0.255 e. The van der Waals surface area contributed by atoms with Crippen molar-refractivity contribution in [1.82, 2.24) is 5.32 Å². The Morgan fingerprint density at radius 2 is 1.15 bits per heavy atom. The number of hydrogen-bond donors (Lipinski definition) is 2. The predicted molar refractivity (Wildman–Crippen MR) is 184 cm³/mol. The molecule has 252 valence electrons. The zero-order chi connectivity index (χ0) is 34.2. The van der Waals surface area contributed by atoms with Crippen LogP contribution in [0.2, 0.25) is 0 Å². The van der Waals surface area contributed by atoms with Crippen molar-refractivity contribution in [2.75, 3.05) is 61.2 Å². The van der Waals surface area contributed by atoms with E-state index in [-0.39, 0.29) is 19.1 Å². The smallest absolute Gasteiger partial charge is 0.255 e. The van der Waals surface area contributed by atoms with Gasteiger partial charge in [-0.05, 0) is 72.1 Å². The molecule has 1 unspecified atom stereocenters. The highest BCUT2D eigenvalue weighted by Crippen LogP contribution is 2.41. The molecule has 0 bridgehead atoms. The van der Waals surface area contributed by atoms with Crippen molar-refractivity contribution < 1.29 is 42.7 Å². The molecule has 1 amide bonds. The fraction of sp³-hybridized carbons (Fsp3) is 0.270. The number of nitrogens with one attached hydrogen (secondary N) is 2. The number of fused-ring (bicyclic) bond motifs is 1. The minimum absolute atomic E-state index is 0.137. The lowest BCUT2D eigenvalue weighted by atomic mass is 10.0. The Bertz CT molecular complexity index is 1750. The maximum atomic E-state index is 12.7. The van der Waals surface area contributed by atoms with Gasteiger partial charge < -0.3 is 48.5 Å². The first kappa shape index (κ1) is 33.6. The van der Waals surface area contributed by atoms with E-state index in [1.54, 1.807) is 42.7 Å². The van der Waals surface area contributed by atoms with Crippen LogP contribution in [0, 0.1) is 6.92 Å². The number of carbonyl (C=O) groups is 1. The molecule has 11 nitrogen and oxygen atoms in total. The molecule has 4 aromatic carbocycles. The SMILES string of the molecule is COc1cc(C2NC(=O)c3cc(C)ccc3N2)ccc1OCCOc1c(OC)cc(C=Cc2cc(OC)c(OC)c(OC)c2)cc1OC. The molecule has 2 N–H and O–H groups in total. The number of carbonyl (C=O) groups excluding carboxylic acids is 1. The van der Waals surface area contributed by atoms with E-state index in [0.29, 0.717) is 51.6 Å². The average Bonchev–Trinajstić information content (AvgIpc) is 3.11. The minimum atomic E-state index is -0.418. The lowest BCUT2D eigenvalue weighted by Gasteiger charge is -2.28. The van der Waals surface area contributed by atoms with Gasteiger partial charge in [0.1, 0.15) is 19.4 Å². The summed E-state index contributed by atoms with van der Waals surface area (Å²) in [6.07, 6.45) is 3.42. The number of methoxy groups -OCH3 is 6. The average molecular weight is 657 g/mol. The lowest BCUT2D eigenvalue weighted by Crippen LogP contribution is -2.38. The third-order valence-corrected chi connectivity index (χ3v) is 7.74. The van der Waals surface area contributed by atoms with Gasteiger partial charge >= 0.3 is 0 Å². The molecule has 0 spiro atoms. The van der Waals surface area contributed by atoms with Crippen molar-refractivity contribution in [3.05, 3.63) is 88.5 Å². The second-order valence-corrected chi connectivity index (χ2v) is 10.8. The van der Waals surface area contributed by atoms with Gasteiger partial charge in [-0.2, -0.15) is 0 Å². The summed E-state index contributed by atoms with van der Waals surface area (Å²) in [5.74, 6) is 4.01. The first-order valence-electron chi connectivity index (χ1n) is 15.2. The lowest BCUT2D eigenvalue weighted by molar-refractivity contribution is 0.0935. The Morgan fingerprint density at radius 1 is 0.583 bits per heavy atom. The zero-order valence-electron chi connectivity index (χ0n) is 28.1. The van der Waals surface area contributed by atoms with Crippen LogP contribution in [-0.4, -0.2) is 61.8 Å². The van der Waals surface area contributed by atoms with Crippen LogP contribution >= 0.6 is 0 Å². The fourth-order valence-electron chi connectivity index (χ4n) is 5.35. The van der Waals surface area contributed by atoms with Crippen LogP contribution in [0.3, 0.4) is 0 Å². The molecule has 4 aromatic rings. The van der Waals surface area contributed by atoms with Gasteiger partial charge in [0.15, 0.2) is 34.5 Å². The molecule has 0 saturated heterocycles. The Morgan fingerprint density at radius 3 is 1.71 bits per heavy atom. The summed E-state index contributed by atoms with van der Waals surface area (Å²) in [4.78, 5) is 12.7. The normalized spacial score (nSPS) is 13.6. The summed E-state index contributed by atoms with van der Waals surface area (Å²) in [6, 6.07) is 18.7. The largest absolute Gasteiger partial charge is 0.493 e.